The van der Waals surface area contributed by atoms with Crippen molar-refractivity contribution < 1.29 is 14.3 Å². The first-order valence-electron chi connectivity index (χ1n) is 7.49. The van der Waals surface area contributed by atoms with Crippen LogP contribution >= 0.6 is 11.3 Å². The van der Waals surface area contributed by atoms with E-state index in [4.69, 9.17) is 4.74 Å². The molecule has 2 rings (SSSR count). The van der Waals surface area contributed by atoms with Gasteiger partial charge in [-0.05, 0) is 33.6 Å². The van der Waals surface area contributed by atoms with Gasteiger partial charge in [0.25, 0.3) is 0 Å². The van der Waals surface area contributed by atoms with Crippen LogP contribution in [0.5, 0.6) is 0 Å². The lowest BCUT2D eigenvalue weighted by Gasteiger charge is -2.34. The second kappa shape index (κ2) is 7.19. The highest BCUT2D eigenvalue weighted by Crippen LogP contribution is 2.15. The number of hydrogen-bond donors (Lipinski definition) is 1. The van der Waals surface area contributed by atoms with Crippen LogP contribution in [0.3, 0.4) is 0 Å². The van der Waals surface area contributed by atoms with E-state index in [0.29, 0.717) is 18.1 Å². The second-order valence-electron chi connectivity index (χ2n) is 6.41. The van der Waals surface area contributed by atoms with Crippen molar-refractivity contribution in [3.63, 3.8) is 0 Å². The van der Waals surface area contributed by atoms with Gasteiger partial charge in [0.2, 0.25) is 5.78 Å². The van der Waals surface area contributed by atoms with E-state index >= 15 is 0 Å². The molecule has 122 valence electrons. The fraction of sp³-hybridized carbons (Fsp3) is 0.667. The fourth-order valence-corrected chi connectivity index (χ4v) is 2.89. The third-order valence-corrected chi connectivity index (χ3v) is 4.11. The molecule has 0 radical (unpaired) electrons. The smallest absolute Gasteiger partial charge is 0.410 e. The first-order chi connectivity index (χ1) is 10.3. The second-order valence-corrected chi connectivity index (χ2v) is 7.30. The molecule has 0 unspecified atom stereocenters. The summed E-state index contributed by atoms with van der Waals surface area (Å²) in [5, 5.41) is 5.54. The molecule has 1 N–H and O–H groups in total. The molecule has 6 nitrogen and oxygen atoms in total. The summed E-state index contributed by atoms with van der Waals surface area (Å²) < 4.78 is 5.39. The molecule has 22 heavy (non-hydrogen) atoms. The Hall–Kier alpha value is -1.47. The predicted octanol–water partition coefficient (Wildman–Crippen LogP) is 2.31. The van der Waals surface area contributed by atoms with Gasteiger partial charge < -0.3 is 15.0 Å². The summed E-state index contributed by atoms with van der Waals surface area (Å²) in [6.45, 7) is 7.10. The average molecular weight is 325 g/mol. The topological polar surface area (TPSA) is 71.5 Å². The van der Waals surface area contributed by atoms with E-state index in [0.717, 1.165) is 12.8 Å². The molecule has 1 amide bonds. The Labute approximate surface area is 134 Å². The van der Waals surface area contributed by atoms with Crippen LogP contribution in [0.25, 0.3) is 0 Å². The minimum absolute atomic E-state index is 0.00982. The molecule has 1 aromatic heterocycles. The number of amides is 1. The zero-order valence-corrected chi connectivity index (χ0v) is 14.1. The van der Waals surface area contributed by atoms with Gasteiger partial charge in [-0.2, -0.15) is 0 Å². The highest BCUT2D eigenvalue weighted by Gasteiger charge is 2.27. The molecule has 1 aromatic rings. The Kier molecular flexibility index (Phi) is 5.52. The van der Waals surface area contributed by atoms with E-state index in [1.54, 1.807) is 16.5 Å². The van der Waals surface area contributed by atoms with Crippen molar-refractivity contribution >= 4 is 23.2 Å². The number of piperidine rings is 1. The maximum absolute atomic E-state index is 12.1. The molecule has 0 saturated carbocycles. The quantitative estimate of drug-likeness (QED) is 0.860. The van der Waals surface area contributed by atoms with Crippen LogP contribution < -0.4 is 5.32 Å². The van der Waals surface area contributed by atoms with Gasteiger partial charge in [-0.1, -0.05) is 0 Å². The summed E-state index contributed by atoms with van der Waals surface area (Å²) in [5.41, 5.74) is -0.488. The number of nitrogens with zero attached hydrogens (tertiary/aromatic N) is 2. The molecule has 0 aliphatic carbocycles. The van der Waals surface area contributed by atoms with Crippen molar-refractivity contribution in [1.29, 1.82) is 0 Å². The van der Waals surface area contributed by atoms with E-state index in [-0.39, 0.29) is 24.5 Å². The third kappa shape index (κ3) is 5.06. The highest BCUT2D eigenvalue weighted by molar-refractivity contribution is 7.11. The van der Waals surface area contributed by atoms with Gasteiger partial charge in [-0.3, -0.25) is 4.79 Å². The number of Topliss-reactive ketones (excluding diaryl/α,β-unsaturated/α-hetero) is 1. The fourth-order valence-electron chi connectivity index (χ4n) is 2.31. The Balaban J connectivity index is 1.80. The number of rotatable bonds is 4. The molecule has 1 saturated heterocycles. The van der Waals surface area contributed by atoms with Crippen LogP contribution in [0.2, 0.25) is 0 Å². The lowest BCUT2D eigenvalue weighted by atomic mass is 10.1. The summed E-state index contributed by atoms with van der Waals surface area (Å²) >= 11 is 1.34. The number of nitrogens with one attached hydrogen (secondary N) is 1. The number of carbonyl (C=O) groups is 2. The zero-order chi connectivity index (χ0) is 16.2. The van der Waals surface area contributed by atoms with Crippen molar-refractivity contribution in [2.75, 3.05) is 19.6 Å². The van der Waals surface area contributed by atoms with E-state index in [1.807, 2.05) is 20.8 Å². The SMILES string of the molecule is CC(C)(C)OC(=O)N1CCC[C@H](NCC(=O)c2nccs2)C1. The Morgan fingerprint density at radius 2 is 2.27 bits per heavy atom. The standard InChI is InChI=1S/C15H23N3O3S/c1-15(2,3)21-14(20)18-7-4-5-11(10-18)17-9-12(19)13-16-6-8-22-13/h6,8,11,17H,4-5,7,9-10H2,1-3H3/t11-/m0/s1. The highest BCUT2D eigenvalue weighted by atomic mass is 32.1. The van der Waals surface area contributed by atoms with E-state index in [1.165, 1.54) is 11.3 Å². The summed E-state index contributed by atoms with van der Waals surface area (Å²) in [6, 6.07) is 0.116. The predicted molar refractivity (Wildman–Crippen MR) is 85.3 cm³/mol. The Morgan fingerprint density at radius 3 is 2.91 bits per heavy atom. The van der Waals surface area contributed by atoms with Crippen molar-refractivity contribution in [1.82, 2.24) is 15.2 Å². The van der Waals surface area contributed by atoms with Gasteiger partial charge in [-0.15, -0.1) is 11.3 Å². The van der Waals surface area contributed by atoms with Crippen molar-refractivity contribution in [2.45, 2.75) is 45.3 Å². The molecule has 1 fully saturated rings. The van der Waals surface area contributed by atoms with Gasteiger partial charge in [-0.25, -0.2) is 9.78 Å². The van der Waals surface area contributed by atoms with E-state index in [9.17, 15) is 9.59 Å². The monoisotopic (exact) mass is 325 g/mol. The van der Waals surface area contributed by atoms with Crippen molar-refractivity contribution in [2.24, 2.45) is 0 Å². The van der Waals surface area contributed by atoms with Crippen LogP contribution in [0.4, 0.5) is 4.79 Å². The summed E-state index contributed by atoms with van der Waals surface area (Å²) in [4.78, 5) is 29.7. The first kappa shape index (κ1) is 16.9. The van der Waals surface area contributed by atoms with E-state index < -0.39 is 5.60 Å². The molecule has 0 aromatic carbocycles. The van der Waals surface area contributed by atoms with Gasteiger partial charge in [0.05, 0.1) is 6.54 Å². The number of ether oxygens (including phenoxy) is 1. The maximum Gasteiger partial charge on any atom is 0.410 e. The lowest BCUT2D eigenvalue weighted by molar-refractivity contribution is 0.0188. The van der Waals surface area contributed by atoms with Crippen LogP contribution in [-0.2, 0) is 4.74 Å². The molecule has 7 heteroatoms. The number of carbonyl (C=O) groups excluding carboxylic acids is 2. The lowest BCUT2D eigenvalue weighted by Crippen LogP contribution is -2.50. The summed E-state index contributed by atoms with van der Waals surface area (Å²) in [5.74, 6) is -0.00982. The Morgan fingerprint density at radius 1 is 1.50 bits per heavy atom. The van der Waals surface area contributed by atoms with Crippen LogP contribution in [0.15, 0.2) is 11.6 Å². The number of hydrogen-bond acceptors (Lipinski definition) is 6. The van der Waals surface area contributed by atoms with Crippen LogP contribution in [0, 0.1) is 0 Å². The number of ketones is 1. The molecule has 1 aliphatic rings. The number of likely N-dealkylation sites (tertiary alicyclic amines) is 1. The molecule has 2 heterocycles. The van der Waals surface area contributed by atoms with Gasteiger partial charge in [0.15, 0.2) is 5.01 Å². The van der Waals surface area contributed by atoms with Crippen LogP contribution in [-0.4, -0.2) is 53.0 Å². The van der Waals surface area contributed by atoms with Gasteiger partial charge >= 0.3 is 6.09 Å². The molecule has 1 aliphatic heterocycles. The number of thiazole rings is 1. The average Bonchev–Trinajstić information content (AvgIpc) is 2.97. The largest absolute Gasteiger partial charge is 0.444 e. The summed E-state index contributed by atoms with van der Waals surface area (Å²) in [6.07, 6.45) is 3.19. The van der Waals surface area contributed by atoms with Crippen molar-refractivity contribution in [3.05, 3.63) is 16.6 Å². The first-order valence-corrected chi connectivity index (χ1v) is 8.37. The summed E-state index contributed by atoms with van der Waals surface area (Å²) in [7, 11) is 0. The number of aromatic nitrogens is 1. The molecule has 1 atom stereocenters. The van der Waals surface area contributed by atoms with Gasteiger partial charge in [0.1, 0.15) is 5.60 Å². The zero-order valence-electron chi connectivity index (χ0n) is 13.3. The molecular formula is C15H23N3O3S. The maximum atomic E-state index is 12.1. The van der Waals surface area contributed by atoms with Gasteiger partial charge in [0, 0.05) is 30.7 Å². The van der Waals surface area contributed by atoms with Crippen LogP contribution in [0.1, 0.15) is 43.4 Å². The minimum atomic E-state index is -0.488. The molecule has 0 bridgehead atoms. The third-order valence-electron chi connectivity index (χ3n) is 3.30. The van der Waals surface area contributed by atoms with E-state index in [2.05, 4.69) is 10.3 Å². The van der Waals surface area contributed by atoms with Crippen molar-refractivity contribution in [3.8, 4) is 0 Å². The Bertz CT molecular complexity index is 511. The molecule has 0 spiro atoms. The normalized spacial score (nSPS) is 19.0. The minimum Gasteiger partial charge on any atom is -0.444 e. The molecular weight excluding hydrogens is 302 g/mol.